The lowest BCUT2D eigenvalue weighted by molar-refractivity contribution is -0.181. The van der Waals surface area contributed by atoms with E-state index in [0.29, 0.717) is 0 Å². The monoisotopic (exact) mass is 288 g/mol. The fraction of sp³-hybridized carbons (Fsp3) is 0.182. The fourth-order valence-corrected chi connectivity index (χ4v) is 1.51. The molecule has 2 atom stereocenters. The van der Waals surface area contributed by atoms with E-state index in [9.17, 15) is 24.6 Å². The van der Waals surface area contributed by atoms with Gasteiger partial charge in [0.25, 0.3) is 10.7 Å². The van der Waals surface area contributed by atoms with Crippen molar-refractivity contribution in [2.45, 2.75) is 10.7 Å². The Hall–Kier alpha value is -1.96. The Labute approximate surface area is 111 Å². The highest BCUT2D eigenvalue weighted by Crippen LogP contribution is 2.31. The third-order valence-electron chi connectivity index (χ3n) is 2.44. The number of carboxylic acids is 2. The number of carbonyl (C=O) groups excluding carboxylic acids is 1. The average Bonchev–Trinajstić information content (AvgIpc) is 2.37. The summed E-state index contributed by atoms with van der Waals surface area (Å²) in [5, 5.41) is 33.1. The fourth-order valence-electron chi connectivity index (χ4n) is 1.34. The normalized spacial score (nSPS) is 17.0. The molecule has 0 aliphatic rings. The van der Waals surface area contributed by atoms with E-state index >= 15 is 0 Å². The highest BCUT2D eigenvalue weighted by molar-refractivity contribution is 6.39. The van der Waals surface area contributed by atoms with Crippen LogP contribution in [-0.2, 0) is 9.59 Å². The summed E-state index contributed by atoms with van der Waals surface area (Å²) in [6.45, 7) is 0. The molecule has 0 saturated heterocycles. The number of carboxylic acid groups (broad SMARTS) is 2. The van der Waals surface area contributed by atoms with Gasteiger partial charge in [-0.15, -0.1) is 0 Å². The third kappa shape index (κ3) is 2.30. The van der Waals surface area contributed by atoms with Gasteiger partial charge in [0.15, 0.2) is 0 Å². The van der Waals surface area contributed by atoms with Crippen molar-refractivity contribution in [3.63, 3.8) is 0 Å². The second-order valence-corrected chi connectivity index (χ2v) is 4.18. The van der Waals surface area contributed by atoms with Gasteiger partial charge in [-0.25, -0.2) is 9.59 Å². The number of rotatable bonds is 5. The molecule has 0 saturated carbocycles. The Kier molecular flexibility index (Phi) is 3.94. The number of halogens is 1. The maximum Gasteiger partial charge on any atom is 0.356 e. The summed E-state index contributed by atoms with van der Waals surface area (Å²) < 4.78 is 0. The first kappa shape index (κ1) is 15.1. The van der Waals surface area contributed by atoms with E-state index in [2.05, 4.69) is 0 Å². The molecule has 1 aromatic carbocycles. The largest absolute Gasteiger partial charge is 0.479 e. The molecule has 0 aliphatic carbocycles. The minimum Gasteiger partial charge on any atom is -0.479 e. The van der Waals surface area contributed by atoms with Crippen LogP contribution in [0.1, 0.15) is 10.4 Å². The van der Waals surface area contributed by atoms with Crippen molar-refractivity contribution >= 4 is 29.3 Å². The number of benzene rings is 1. The zero-order valence-corrected chi connectivity index (χ0v) is 10.0. The quantitative estimate of drug-likeness (QED) is 0.332. The number of alkyl halides is 1. The molecule has 102 valence electrons. The zero-order chi connectivity index (χ0) is 14.8. The molecular weight excluding hydrogens is 280 g/mol. The lowest BCUT2D eigenvalue weighted by Gasteiger charge is -2.30. The molecule has 1 aromatic rings. The summed E-state index contributed by atoms with van der Waals surface area (Å²) in [5.74, 6) is -6.08. The molecule has 0 amide bonds. The van der Waals surface area contributed by atoms with Crippen LogP contribution in [0.2, 0.25) is 0 Å². The second kappa shape index (κ2) is 4.96. The number of ketones is 1. The lowest BCUT2D eigenvalue weighted by atomic mass is 9.87. The Morgan fingerprint density at radius 1 is 0.947 bits per heavy atom. The first-order chi connectivity index (χ1) is 8.65. The third-order valence-corrected chi connectivity index (χ3v) is 2.87. The highest BCUT2D eigenvalue weighted by Gasteiger charge is 2.65. The number of hydrogen-bond donors (Lipinski definition) is 4. The van der Waals surface area contributed by atoms with E-state index in [1.165, 1.54) is 18.2 Å². The molecule has 4 N–H and O–H groups in total. The number of aliphatic hydroxyl groups is 2. The molecule has 0 fully saturated rings. The van der Waals surface area contributed by atoms with Crippen LogP contribution in [0.15, 0.2) is 30.3 Å². The molecule has 0 bridgehead atoms. The molecule has 19 heavy (non-hydrogen) atoms. The lowest BCUT2D eigenvalue weighted by Crippen LogP contribution is -2.65. The maximum absolute atomic E-state index is 11.9. The van der Waals surface area contributed by atoms with Crippen LogP contribution in [0.3, 0.4) is 0 Å². The summed E-state index contributed by atoms with van der Waals surface area (Å²) in [5.41, 5.74) is -4.03. The van der Waals surface area contributed by atoms with E-state index in [-0.39, 0.29) is 5.56 Å². The van der Waals surface area contributed by atoms with Crippen molar-refractivity contribution in [1.29, 1.82) is 0 Å². The number of aliphatic carboxylic acids is 2. The minimum atomic E-state index is -3.72. The molecular formula is C11H9ClO7. The second-order valence-electron chi connectivity index (χ2n) is 3.64. The first-order valence-corrected chi connectivity index (χ1v) is 5.23. The van der Waals surface area contributed by atoms with Crippen molar-refractivity contribution in [2.24, 2.45) is 0 Å². The Balaban J connectivity index is 3.41. The maximum atomic E-state index is 11.9. The van der Waals surface area contributed by atoms with Gasteiger partial charge in [0, 0.05) is 5.56 Å². The van der Waals surface area contributed by atoms with E-state index in [0.717, 1.165) is 12.1 Å². The van der Waals surface area contributed by atoms with Crippen LogP contribution in [0.4, 0.5) is 0 Å². The minimum absolute atomic E-state index is 0.312. The van der Waals surface area contributed by atoms with Gasteiger partial charge in [-0.05, 0) is 0 Å². The average molecular weight is 289 g/mol. The molecule has 0 heterocycles. The van der Waals surface area contributed by atoms with Crippen molar-refractivity contribution in [1.82, 2.24) is 0 Å². The summed E-state index contributed by atoms with van der Waals surface area (Å²) in [6, 6.07) is 6.53. The molecule has 0 aromatic heterocycles. The molecule has 0 unspecified atom stereocenters. The van der Waals surface area contributed by atoms with Crippen molar-refractivity contribution in [2.75, 3.05) is 0 Å². The van der Waals surface area contributed by atoms with Crippen LogP contribution < -0.4 is 0 Å². The van der Waals surface area contributed by atoms with Gasteiger partial charge in [-0.1, -0.05) is 41.9 Å². The van der Waals surface area contributed by atoms with Crippen LogP contribution in [0.25, 0.3) is 0 Å². The predicted molar refractivity (Wildman–Crippen MR) is 61.8 cm³/mol. The topological polar surface area (TPSA) is 132 Å². The van der Waals surface area contributed by atoms with E-state index < -0.39 is 28.4 Å². The van der Waals surface area contributed by atoms with Crippen molar-refractivity contribution < 1.29 is 34.8 Å². The van der Waals surface area contributed by atoms with Gasteiger partial charge in [0.05, 0.1) is 0 Å². The van der Waals surface area contributed by atoms with Crippen LogP contribution >= 0.6 is 11.6 Å². The van der Waals surface area contributed by atoms with Gasteiger partial charge in [-0.2, -0.15) is 0 Å². The predicted octanol–water partition coefficient (Wildman–Crippen LogP) is -0.303. The van der Waals surface area contributed by atoms with E-state index in [4.69, 9.17) is 21.8 Å². The van der Waals surface area contributed by atoms with E-state index in [1.54, 1.807) is 0 Å². The Morgan fingerprint density at radius 3 is 1.79 bits per heavy atom. The van der Waals surface area contributed by atoms with Gasteiger partial charge in [0.1, 0.15) is 0 Å². The zero-order valence-electron chi connectivity index (χ0n) is 9.28. The van der Waals surface area contributed by atoms with Crippen LogP contribution in [0.5, 0.6) is 0 Å². The SMILES string of the molecule is O=C(O)[C@](O)(C(=O)c1ccccc1)[C@@](O)(Cl)C(=O)O. The van der Waals surface area contributed by atoms with Gasteiger partial charge >= 0.3 is 11.9 Å². The smallest absolute Gasteiger partial charge is 0.356 e. The molecule has 0 aliphatic heterocycles. The van der Waals surface area contributed by atoms with Crippen LogP contribution in [-0.4, -0.2) is 48.8 Å². The Morgan fingerprint density at radius 2 is 1.42 bits per heavy atom. The molecule has 1 rings (SSSR count). The first-order valence-electron chi connectivity index (χ1n) is 4.86. The summed E-state index contributed by atoms with van der Waals surface area (Å²) >= 11 is 5.12. The summed E-state index contributed by atoms with van der Waals surface area (Å²) in [4.78, 5) is 33.7. The van der Waals surface area contributed by atoms with Crippen LogP contribution in [0, 0.1) is 0 Å². The molecule has 0 radical (unpaired) electrons. The molecule has 8 heteroatoms. The van der Waals surface area contributed by atoms with Gasteiger partial charge in [0.2, 0.25) is 5.78 Å². The number of Topliss-reactive ketones (excluding diaryl/α,β-unsaturated/α-hetero) is 1. The Bertz CT molecular complexity index is 525. The summed E-state index contributed by atoms with van der Waals surface area (Å²) in [7, 11) is 0. The van der Waals surface area contributed by atoms with Gasteiger partial charge in [-0.3, -0.25) is 4.79 Å². The van der Waals surface area contributed by atoms with Crippen molar-refractivity contribution in [3.8, 4) is 0 Å². The number of carbonyl (C=O) groups is 3. The highest BCUT2D eigenvalue weighted by atomic mass is 35.5. The molecule has 7 nitrogen and oxygen atoms in total. The van der Waals surface area contributed by atoms with Crippen molar-refractivity contribution in [3.05, 3.63) is 35.9 Å². The van der Waals surface area contributed by atoms with Gasteiger partial charge < -0.3 is 20.4 Å². The van der Waals surface area contributed by atoms with E-state index in [1.807, 2.05) is 0 Å². The number of hydrogen-bond acceptors (Lipinski definition) is 5. The summed E-state index contributed by atoms with van der Waals surface area (Å²) in [6.07, 6.45) is 0. The molecule has 0 spiro atoms. The standard InChI is InChI=1S/C11H9ClO7/c12-11(19,9(16)17)10(18,8(14)15)7(13)6-4-2-1-3-5-6/h1-5,18-19H,(H,14,15)(H,16,17)/t10-,11-/m1/s1.